The average Bonchev–Trinajstić information content (AvgIpc) is 2.54. The first-order valence-electron chi connectivity index (χ1n) is 7.03. The molecule has 0 aliphatic carbocycles. The van der Waals surface area contributed by atoms with Crippen LogP contribution < -0.4 is 10.5 Å². The number of halogens is 1. The number of sulfone groups is 1. The molecular weight excluding hydrogens is 354 g/mol. The Morgan fingerprint density at radius 1 is 1.12 bits per heavy atom. The van der Waals surface area contributed by atoms with E-state index in [4.69, 9.17) is 27.2 Å². The fourth-order valence-corrected chi connectivity index (χ4v) is 3.63. The van der Waals surface area contributed by atoms with Gasteiger partial charge < -0.3 is 15.6 Å². The van der Waals surface area contributed by atoms with Crippen molar-refractivity contribution in [1.82, 2.24) is 0 Å². The molecule has 2 aromatic carbocycles. The summed E-state index contributed by atoms with van der Waals surface area (Å²) in [5.41, 5.74) is 6.42. The van der Waals surface area contributed by atoms with Crippen molar-refractivity contribution in [3.8, 4) is 5.75 Å². The predicted octanol–water partition coefficient (Wildman–Crippen LogP) is 2.14. The van der Waals surface area contributed by atoms with Crippen molar-refractivity contribution in [3.63, 3.8) is 0 Å². The molecule has 0 fully saturated rings. The van der Waals surface area contributed by atoms with E-state index in [0.29, 0.717) is 13.0 Å². The number of hydrogen-bond acceptors (Lipinski definition) is 5. The summed E-state index contributed by atoms with van der Waals surface area (Å²) in [6.07, 6.45) is 0.668. The Balaban J connectivity index is 2.28. The smallest absolute Gasteiger partial charge is 0.341 e. The highest BCUT2D eigenvalue weighted by Crippen LogP contribution is 2.30. The van der Waals surface area contributed by atoms with E-state index in [-0.39, 0.29) is 20.6 Å². The van der Waals surface area contributed by atoms with E-state index in [9.17, 15) is 13.2 Å². The first-order valence-corrected chi connectivity index (χ1v) is 8.89. The van der Waals surface area contributed by atoms with Crippen molar-refractivity contribution in [2.24, 2.45) is 5.73 Å². The van der Waals surface area contributed by atoms with Gasteiger partial charge in [0.25, 0.3) is 0 Å². The fourth-order valence-electron chi connectivity index (χ4n) is 2.04. The lowest BCUT2D eigenvalue weighted by atomic mass is 10.2. The third-order valence-corrected chi connectivity index (χ3v) is 5.29. The van der Waals surface area contributed by atoms with E-state index in [1.165, 1.54) is 30.3 Å². The van der Waals surface area contributed by atoms with E-state index in [2.05, 4.69) is 0 Å². The van der Waals surface area contributed by atoms with E-state index in [1.54, 1.807) is 12.1 Å². The minimum Gasteiger partial charge on any atom is -0.480 e. The Hall–Kier alpha value is -2.09. The third-order valence-electron chi connectivity index (χ3n) is 3.23. The van der Waals surface area contributed by atoms with Crippen LogP contribution in [0.2, 0.25) is 5.02 Å². The molecule has 24 heavy (non-hydrogen) atoms. The maximum atomic E-state index is 12.6. The lowest BCUT2D eigenvalue weighted by molar-refractivity contribution is -0.139. The van der Waals surface area contributed by atoms with Gasteiger partial charge in [0, 0.05) is 0 Å². The largest absolute Gasteiger partial charge is 0.480 e. The molecule has 8 heteroatoms. The predicted molar refractivity (Wildman–Crippen MR) is 89.2 cm³/mol. The van der Waals surface area contributed by atoms with Gasteiger partial charge in [-0.3, -0.25) is 0 Å². The zero-order chi connectivity index (χ0) is 17.7. The molecule has 0 amide bonds. The number of benzene rings is 2. The van der Waals surface area contributed by atoms with E-state index < -0.39 is 22.4 Å². The van der Waals surface area contributed by atoms with Gasteiger partial charge >= 0.3 is 5.97 Å². The standard InChI is InChI=1S/C16H16ClNO5S/c17-14-9-13(5-6-15(14)23-10-16(19)20)24(21,22)12-3-1-11(2-4-12)7-8-18/h1-6,9H,7-8,10,18H2,(H,19,20). The molecule has 3 N–H and O–H groups in total. The Kier molecular flexibility index (Phi) is 5.82. The molecule has 0 heterocycles. The zero-order valence-corrected chi connectivity index (χ0v) is 14.2. The second-order valence-electron chi connectivity index (χ2n) is 4.96. The second-order valence-corrected chi connectivity index (χ2v) is 7.32. The summed E-state index contributed by atoms with van der Waals surface area (Å²) in [5, 5.41) is 8.61. The second kappa shape index (κ2) is 7.65. The maximum absolute atomic E-state index is 12.6. The van der Waals surface area contributed by atoms with Gasteiger partial charge in [0.15, 0.2) is 6.61 Å². The Morgan fingerprint density at radius 2 is 1.75 bits per heavy atom. The summed E-state index contributed by atoms with van der Waals surface area (Å²) in [4.78, 5) is 10.6. The number of aliphatic carboxylic acids is 1. The summed E-state index contributed by atoms with van der Waals surface area (Å²) >= 11 is 5.98. The van der Waals surface area contributed by atoms with Gasteiger partial charge in [0.05, 0.1) is 14.8 Å². The molecular formula is C16H16ClNO5S. The van der Waals surface area contributed by atoms with Crippen LogP contribution in [0.3, 0.4) is 0 Å². The lowest BCUT2D eigenvalue weighted by Crippen LogP contribution is -2.10. The highest BCUT2D eigenvalue weighted by molar-refractivity contribution is 7.91. The molecule has 2 rings (SSSR count). The molecule has 0 aliphatic heterocycles. The third kappa shape index (κ3) is 4.25. The number of nitrogens with two attached hydrogens (primary N) is 1. The number of carbonyl (C=O) groups is 1. The number of ether oxygens (including phenoxy) is 1. The van der Waals surface area contributed by atoms with Crippen LogP contribution in [0.4, 0.5) is 0 Å². The quantitative estimate of drug-likeness (QED) is 0.774. The van der Waals surface area contributed by atoms with Crippen LogP contribution in [0.25, 0.3) is 0 Å². The number of rotatable bonds is 7. The molecule has 0 radical (unpaired) electrons. The van der Waals surface area contributed by atoms with Gasteiger partial charge in [-0.25, -0.2) is 13.2 Å². The molecule has 0 saturated carbocycles. The van der Waals surface area contributed by atoms with Crippen molar-refractivity contribution in [2.75, 3.05) is 13.2 Å². The molecule has 0 atom stereocenters. The van der Waals surface area contributed by atoms with Crippen LogP contribution in [0.15, 0.2) is 52.3 Å². The number of carboxylic acids is 1. The van der Waals surface area contributed by atoms with Gasteiger partial charge in [0.1, 0.15) is 5.75 Å². The van der Waals surface area contributed by atoms with Crippen molar-refractivity contribution in [1.29, 1.82) is 0 Å². The summed E-state index contributed by atoms with van der Waals surface area (Å²) in [6, 6.07) is 10.4. The molecule has 0 spiro atoms. The lowest BCUT2D eigenvalue weighted by Gasteiger charge is -2.09. The molecule has 0 aliphatic rings. The molecule has 0 aromatic heterocycles. The molecule has 128 valence electrons. The summed E-state index contributed by atoms with van der Waals surface area (Å²) < 4.78 is 30.2. The minimum absolute atomic E-state index is 0.00162. The molecule has 6 nitrogen and oxygen atoms in total. The van der Waals surface area contributed by atoms with Gasteiger partial charge in [-0.05, 0) is 48.9 Å². The summed E-state index contributed by atoms with van der Waals surface area (Å²) in [7, 11) is -3.73. The first-order chi connectivity index (χ1) is 11.3. The SMILES string of the molecule is NCCc1ccc(S(=O)(=O)c2ccc(OCC(=O)O)c(Cl)c2)cc1. The Labute approximate surface area is 144 Å². The van der Waals surface area contributed by atoms with Crippen LogP contribution in [0, 0.1) is 0 Å². The Bertz CT molecular complexity index is 834. The molecule has 2 aromatic rings. The highest BCUT2D eigenvalue weighted by Gasteiger charge is 2.19. The summed E-state index contributed by atoms with van der Waals surface area (Å²) in [6.45, 7) is -0.0755. The van der Waals surface area contributed by atoms with Crippen LogP contribution in [0.1, 0.15) is 5.56 Å². The zero-order valence-electron chi connectivity index (χ0n) is 12.6. The van der Waals surface area contributed by atoms with Gasteiger partial charge in [-0.1, -0.05) is 23.7 Å². The number of carboxylic acid groups (broad SMARTS) is 1. The molecule has 0 unspecified atom stereocenters. The van der Waals surface area contributed by atoms with Crippen molar-refractivity contribution >= 4 is 27.4 Å². The van der Waals surface area contributed by atoms with Gasteiger partial charge in [-0.2, -0.15) is 0 Å². The topological polar surface area (TPSA) is 107 Å². The van der Waals surface area contributed by atoms with Gasteiger partial charge in [-0.15, -0.1) is 0 Å². The Morgan fingerprint density at radius 3 is 2.29 bits per heavy atom. The van der Waals surface area contributed by atoms with Crippen LogP contribution >= 0.6 is 11.6 Å². The summed E-state index contributed by atoms with van der Waals surface area (Å²) in [5.74, 6) is -1.04. The number of hydrogen-bond donors (Lipinski definition) is 2. The van der Waals surface area contributed by atoms with Crippen LogP contribution in [-0.4, -0.2) is 32.6 Å². The fraction of sp³-hybridized carbons (Fsp3) is 0.188. The average molecular weight is 370 g/mol. The molecule has 0 saturated heterocycles. The van der Waals surface area contributed by atoms with E-state index in [0.717, 1.165) is 5.56 Å². The normalized spacial score (nSPS) is 11.2. The monoisotopic (exact) mass is 369 g/mol. The van der Waals surface area contributed by atoms with Crippen molar-refractivity contribution in [2.45, 2.75) is 16.2 Å². The van der Waals surface area contributed by atoms with E-state index >= 15 is 0 Å². The van der Waals surface area contributed by atoms with Crippen molar-refractivity contribution in [3.05, 3.63) is 53.1 Å². The molecule has 0 bridgehead atoms. The van der Waals surface area contributed by atoms with E-state index in [1.807, 2.05) is 0 Å². The van der Waals surface area contributed by atoms with Crippen LogP contribution in [0.5, 0.6) is 5.75 Å². The van der Waals surface area contributed by atoms with Crippen molar-refractivity contribution < 1.29 is 23.1 Å². The first kappa shape index (κ1) is 18.3. The highest BCUT2D eigenvalue weighted by atomic mass is 35.5. The van der Waals surface area contributed by atoms with Crippen LogP contribution in [-0.2, 0) is 21.1 Å². The maximum Gasteiger partial charge on any atom is 0.341 e. The minimum atomic E-state index is -3.73. The van der Waals surface area contributed by atoms with Gasteiger partial charge in [0.2, 0.25) is 9.84 Å².